The van der Waals surface area contributed by atoms with Gasteiger partial charge in [0.2, 0.25) is 0 Å². The number of nitrogens with one attached hydrogen (secondary N) is 1. The number of nitrogens with zero attached hydrogens (tertiary/aromatic N) is 3. The second kappa shape index (κ2) is 10.2. The van der Waals surface area contributed by atoms with Crippen molar-refractivity contribution < 1.29 is 41.2 Å². The molecule has 0 radical (unpaired) electrons. The first-order valence-corrected chi connectivity index (χ1v) is 12.0. The molecule has 16 heteroatoms. The van der Waals surface area contributed by atoms with E-state index in [2.05, 4.69) is 5.43 Å². The maximum atomic E-state index is 13.2. The molecule has 3 aromatic rings. The van der Waals surface area contributed by atoms with E-state index in [9.17, 15) is 42.6 Å². The summed E-state index contributed by atoms with van der Waals surface area (Å²) in [6.45, 7) is 0. The summed E-state index contributed by atoms with van der Waals surface area (Å²) in [6.07, 6.45) is 1.21. The smallest absolute Gasteiger partial charge is 0.347 e. The molecule has 1 N–H and O–H groups in total. The number of methoxy groups -OCH3 is 1. The monoisotopic (exact) mass is 558 g/mol. The van der Waals surface area contributed by atoms with Crippen LogP contribution in [0, 0.1) is 26.0 Å². The summed E-state index contributed by atoms with van der Waals surface area (Å²) in [6, 6.07) is 10.5. The first-order chi connectivity index (χ1) is 18.4. The maximum absolute atomic E-state index is 13.2. The van der Waals surface area contributed by atoms with Crippen molar-refractivity contribution in [1.29, 1.82) is 0 Å². The normalized spacial score (nSPS) is 14.3. The van der Waals surface area contributed by atoms with Crippen LogP contribution in [0.5, 0.6) is 11.5 Å². The van der Waals surface area contributed by atoms with Gasteiger partial charge in [-0.25, -0.2) is 9.40 Å². The van der Waals surface area contributed by atoms with Crippen molar-refractivity contribution in [2.45, 2.75) is 4.90 Å². The van der Waals surface area contributed by atoms with E-state index in [0.29, 0.717) is 12.1 Å². The average Bonchev–Trinajstić information content (AvgIpc) is 3.17. The van der Waals surface area contributed by atoms with Crippen molar-refractivity contribution >= 4 is 45.1 Å². The van der Waals surface area contributed by atoms with Crippen molar-refractivity contribution in [3.8, 4) is 11.5 Å². The number of rotatable bonds is 8. The van der Waals surface area contributed by atoms with Crippen molar-refractivity contribution in [3.05, 3.63) is 97.8 Å². The lowest BCUT2D eigenvalue weighted by Crippen LogP contribution is -2.35. The number of nitro groups is 2. The van der Waals surface area contributed by atoms with Gasteiger partial charge in [-0.05, 0) is 54.1 Å². The number of nitro benzene ring substituents is 2. The molecule has 2 amide bonds. The highest BCUT2D eigenvalue weighted by molar-refractivity contribution is 7.87. The molecule has 0 spiro atoms. The zero-order valence-electron chi connectivity index (χ0n) is 19.6. The molecule has 3 aromatic carbocycles. The molecule has 1 saturated heterocycles. The van der Waals surface area contributed by atoms with Crippen molar-refractivity contribution in [2.75, 3.05) is 12.1 Å². The minimum Gasteiger partial charge on any atom is -0.493 e. The SMILES string of the molecule is COc1cc(/C=C2/C(=O)NN(c3ccc(F)cc3)C2=O)ccc1OS(=O)(=O)c1ccc([N+](=O)[O-])c([N+](=O)[O-])c1. The number of ether oxygens (including phenoxy) is 1. The van der Waals surface area contributed by atoms with Gasteiger partial charge in [-0.15, -0.1) is 0 Å². The van der Waals surface area contributed by atoms with Crippen LogP contribution in [-0.2, 0) is 19.7 Å². The molecule has 0 bridgehead atoms. The van der Waals surface area contributed by atoms with E-state index in [1.165, 1.54) is 37.5 Å². The van der Waals surface area contributed by atoms with Crippen LogP contribution in [0.3, 0.4) is 0 Å². The first kappa shape index (κ1) is 26.7. The summed E-state index contributed by atoms with van der Waals surface area (Å²) in [7, 11) is -3.53. The van der Waals surface area contributed by atoms with E-state index in [0.717, 1.165) is 29.3 Å². The Balaban J connectivity index is 1.62. The Morgan fingerprint density at radius 2 is 1.59 bits per heavy atom. The highest BCUT2D eigenvalue weighted by atomic mass is 32.2. The number of halogens is 1. The molecule has 39 heavy (non-hydrogen) atoms. The lowest BCUT2D eigenvalue weighted by Gasteiger charge is -2.14. The fourth-order valence-electron chi connectivity index (χ4n) is 3.46. The topological polar surface area (TPSA) is 188 Å². The van der Waals surface area contributed by atoms with Crippen LogP contribution >= 0.6 is 0 Å². The van der Waals surface area contributed by atoms with E-state index >= 15 is 0 Å². The molecule has 0 aliphatic carbocycles. The van der Waals surface area contributed by atoms with Gasteiger partial charge in [0.25, 0.3) is 11.8 Å². The van der Waals surface area contributed by atoms with E-state index in [1.54, 1.807) is 0 Å². The largest absolute Gasteiger partial charge is 0.493 e. The highest BCUT2D eigenvalue weighted by Gasteiger charge is 2.34. The Hall–Kier alpha value is -5.38. The van der Waals surface area contributed by atoms with Gasteiger partial charge >= 0.3 is 21.5 Å². The van der Waals surface area contributed by atoms with Gasteiger partial charge in [-0.1, -0.05) is 6.07 Å². The Bertz CT molecular complexity index is 1670. The van der Waals surface area contributed by atoms with Crippen molar-refractivity contribution in [2.24, 2.45) is 0 Å². The molecule has 0 unspecified atom stereocenters. The van der Waals surface area contributed by atoms with Crippen LogP contribution in [-0.4, -0.2) is 37.2 Å². The van der Waals surface area contributed by atoms with E-state index in [-0.39, 0.29) is 28.3 Å². The zero-order valence-corrected chi connectivity index (χ0v) is 20.4. The molecule has 14 nitrogen and oxygen atoms in total. The highest BCUT2D eigenvalue weighted by Crippen LogP contribution is 2.34. The van der Waals surface area contributed by atoms with Gasteiger partial charge in [0, 0.05) is 12.1 Å². The molecule has 0 saturated carbocycles. The van der Waals surface area contributed by atoms with Gasteiger partial charge in [-0.3, -0.25) is 35.2 Å². The number of anilines is 1. The van der Waals surface area contributed by atoms with Gasteiger partial charge in [-0.2, -0.15) is 8.42 Å². The fourth-order valence-corrected chi connectivity index (χ4v) is 4.43. The lowest BCUT2D eigenvalue weighted by atomic mass is 10.1. The van der Waals surface area contributed by atoms with Crippen LogP contribution in [0.1, 0.15) is 5.56 Å². The minimum atomic E-state index is -4.71. The van der Waals surface area contributed by atoms with Crippen LogP contribution in [0.25, 0.3) is 6.08 Å². The van der Waals surface area contributed by atoms with Gasteiger partial charge in [0.15, 0.2) is 11.5 Å². The number of amides is 2. The lowest BCUT2D eigenvalue weighted by molar-refractivity contribution is -0.422. The van der Waals surface area contributed by atoms with Gasteiger partial charge < -0.3 is 8.92 Å². The second-order valence-corrected chi connectivity index (χ2v) is 9.27. The maximum Gasteiger partial charge on any atom is 0.347 e. The number of benzene rings is 3. The first-order valence-electron chi connectivity index (χ1n) is 10.6. The summed E-state index contributed by atoms with van der Waals surface area (Å²) in [4.78, 5) is 44.5. The number of carbonyl (C=O) groups excluding carboxylic acids is 2. The Kier molecular flexibility index (Phi) is 6.96. The third kappa shape index (κ3) is 5.35. The summed E-state index contributed by atoms with van der Waals surface area (Å²) >= 11 is 0. The Labute approximate surface area is 218 Å². The summed E-state index contributed by atoms with van der Waals surface area (Å²) in [5, 5.41) is 23.1. The molecule has 1 heterocycles. The van der Waals surface area contributed by atoms with E-state index in [1.807, 2.05) is 0 Å². The summed E-state index contributed by atoms with van der Waals surface area (Å²) < 4.78 is 48.9. The molecular weight excluding hydrogens is 543 g/mol. The third-order valence-electron chi connectivity index (χ3n) is 5.30. The number of carbonyl (C=O) groups is 2. The standard InChI is InChI=1S/C23H15FN4O10S/c1-37-21-11-13(10-17-22(29)25-26(23(17)30)15-5-3-14(24)4-6-15)2-9-20(21)38-39(35,36)16-7-8-18(27(31)32)19(12-16)28(33)34/h2-12H,1H3,(H,25,29)/b17-10-. The molecule has 200 valence electrons. The predicted octanol–water partition coefficient (Wildman–Crippen LogP) is 2.88. The number of hydrazine groups is 1. The second-order valence-electron chi connectivity index (χ2n) is 7.73. The van der Waals surface area contributed by atoms with Crippen LogP contribution in [0.2, 0.25) is 0 Å². The number of hydrogen-bond donors (Lipinski definition) is 1. The molecule has 1 aliphatic heterocycles. The van der Waals surface area contributed by atoms with Crippen molar-refractivity contribution in [1.82, 2.24) is 5.43 Å². The number of hydrogen-bond acceptors (Lipinski definition) is 10. The molecule has 4 rings (SSSR count). The zero-order chi connectivity index (χ0) is 28.5. The van der Waals surface area contributed by atoms with Gasteiger partial charge in [0.05, 0.1) is 22.6 Å². The molecule has 1 fully saturated rings. The van der Waals surface area contributed by atoms with E-state index in [4.69, 9.17) is 8.92 Å². The van der Waals surface area contributed by atoms with Crippen molar-refractivity contribution in [3.63, 3.8) is 0 Å². The molecule has 0 atom stereocenters. The van der Waals surface area contributed by atoms with Crippen LogP contribution in [0.4, 0.5) is 21.5 Å². The Morgan fingerprint density at radius 3 is 2.21 bits per heavy atom. The van der Waals surface area contributed by atoms with E-state index < -0.39 is 53.9 Å². The van der Waals surface area contributed by atoms with Gasteiger partial charge in [0.1, 0.15) is 16.3 Å². The average molecular weight is 558 g/mol. The molecular formula is C23H15FN4O10S. The molecule has 1 aliphatic rings. The minimum absolute atomic E-state index is 0.148. The quantitative estimate of drug-likeness (QED) is 0.141. The fraction of sp³-hybridized carbons (Fsp3) is 0.0435. The van der Waals surface area contributed by atoms with Crippen LogP contribution < -0.4 is 19.4 Å². The third-order valence-corrected chi connectivity index (χ3v) is 6.53. The van der Waals surface area contributed by atoms with Crippen LogP contribution in [0.15, 0.2) is 71.1 Å². The summed E-state index contributed by atoms with van der Waals surface area (Å²) in [5.74, 6) is -2.50. The summed E-state index contributed by atoms with van der Waals surface area (Å²) in [5.41, 5.74) is 0.577. The molecule has 0 aromatic heterocycles. The Morgan fingerprint density at radius 1 is 0.923 bits per heavy atom. The predicted molar refractivity (Wildman–Crippen MR) is 131 cm³/mol.